The van der Waals surface area contributed by atoms with Gasteiger partial charge in [0.1, 0.15) is 6.61 Å². The Morgan fingerprint density at radius 1 is 1.32 bits per heavy atom. The second-order valence-corrected chi connectivity index (χ2v) is 7.73. The Balaban J connectivity index is 2.10. The molecule has 25 heavy (non-hydrogen) atoms. The van der Waals surface area contributed by atoms with Crippen LogP contribution in [0.1, 0.15) is 46.1 Å². The molecule has 0 aliphatic carbocycles. The fourth-order valence-corrected chi connectivity index (χ4v) is 3.50. The predicted molar refractivity (Wildman–Crippen MR) is 95.4 cm³/mol. The molecule has 2 atom stereocenters. The van der Waals surface area contributed by atoms with Crippen LogP contribution >= 0.6 is 0 Å². The largest absolute Gasteiger partial charge is 0.465 e. The minimum Gasteiger partial charge on any atom is -0.465 e. The van der Waals surface area contributed by atoms with Crippen molar-refractivity contribution in [1.29, 1.82) is 0 Å². The number of benzene rings is 1. The Labute approximate surface area is 149 Å². The minimum absolute atomic E-state index is 0.189. The van der Waals surface area contributed by atoms with Crippen LogP contribution in [-0.4, -0.2) is 40.3 Å². The van der Waals surface area contributed by atoms with E-state index in [9.17, 15) is 14.7 Å². The predicted octanol–water partition coefficient (Wildman–Crippen LogP) is 3.86. The summed E-state index contributed by atoms with van der Waals surface area (Å²) in [6.45, 7) is 8.56. The first-order valence-electron chi connectivity index (χ1n) is 8.64. The summed E-state index contributed by atoms with van der Waals surface area (Å²) in [4.78, 5) is 25.5. The molecule has 1 aromatic rings. The molecular formula is C19H28N2O4. The Morgan fingerprint density at radius 3 is 2.52 bits per heavy atom. The average molecular weight is 348 g/mol. The van der Waals surface area contributed by atoms with Crippen LogP contribution in [0.3, 0.4) is 0 Å². The van der Waals surface area contributed by atoms with Gasteiger partial charge in [0, 0.05) is 6.54 Å². The van der Waals surface area contributed by atoms with Gasteiger partial charge in [-0.3, -0.25) is 0 Å². The number of carboxylic acid groups (broad SMARTS) is 1. The van der Waals surface area contributed by atoms with Crippen LogP contribution in [0.2, 0.25) is 0 Å². The minimum atomic E-state index is -0.957. The van der Waals surface area contributed by atoms with Crippen LogP contribution in [0, 0.1) is 5.41 Å². The van der Waals surface area contributed by atoms with Crippen LogP contribution in [-0.2, 0) is 11.3 Å². The van der Waals surface area contributed by atoms with Gasteiger partial charge in [-0.15, -0.1) is 0 Å². The number of nitrogens with one attached hydrogen (secondary N) is 1. The monoisotopic (exact) mass is 348 g/mol. The lowest BCUT2D eigenvalue weighted by Gasteiger charge is -2.55. The normalized spacial score (nSPS) is 23.8. The second-order valence-electron chi connectivity index (χ2n) is 7.73. The van der Waals surface area contributed by atoms with E-state index in [1.807, 2.05) is 58.0 Å². The molecule has 1 fully saturated rings. The number of alkyl carbamates (subject to hydrolysis) is 1. The van der Waals surface area contributed by atoms with Crippen molar-refractivity contribution in [2.75, 3.05) is 6.54 Å². The SMILES string of the molecule is CC(C)(C)C1(C)C(NC(=O)OCc2ccccc2)CCCN1C(=O)O. The Kier molecular flexibility index (Phi) is 5.60. The molecular weight excluding hydrogens is 320 g/mol. The molecule has 6 heteroatoms. The number of likely N-dealkylation sites (tertiary alicyclic amines) is 1. The van der Waals surface area contributed by atoms with E-state index in [2.05, 4.69) is 5.32 Å². The molecule has 138 valence electrons. The maximum atomic E-state index is 12.3. The third-order valence-electron chi connectivity index (χ3n) is 5.37. The molecule has 0 spiro atoms. The van der Waals surface area contributed by atoms with Gasteiger partial charge in [-0.1, -0.05) is 51.1 Å². The number of hydrogen-bond acceptors (Lipinski definition) is 3. The molecule has 2 rings (SSSR count). The van der Waals surface area contributed by atoms with E-state index in [-0.39, 0.29) is 18.1 Å². The summed E-state index contributed by atoms with van der Waals surface area (Å²) >= 11 is 0. The van der Waals surface area contributed by atoms with Gasteiger partial charge in [-0.2, -0.15) is 0 Å². The molecule has 2 unspecified atom stereocenters. The second kappa shape index (κ2) is 7.33. The molecule has 0 bridgehead atoms. The first-order chi connectivity index (χ1) is 11.7. The molecule has 1 aliphatic rings. The van der Waals surface area contributed by atoms with Gasteiger partial charge in [-0.05, 0) is 30.7 Å². The lowest BCUT2D eigenvalue weighted by molar-refractivity contribution is -0.0355. The zero-order valence-electron chi connectivity index (χ0n) is 15.4. The molecule has 6 nitrogen and oxygen atoms in total. The van der Waals surface area contributed by atoms with E-state index < -0.39 is 17.7 Å². The summed E-state index contributed by atoms with van der Waals surface area (Å²) in [5.41, 5.74) is -0.154. The van der Waals surface area contributed by atoms with E-state index in [1.54, 1.807) is 0 Å². The Morgan fingerprint density at radius 2 is 1.96 bits per heavy atom. The van der Waals surface area contributed by atoms with Crippen molar-refractivity contribution < 1.29 is 19.4 Å². The third-order valence-corrected chi connectivity index (χ3v) is 5.37. The van der Waals surface area contributed by atoms with E-state index in [4.69, 9.17) is 4.74 Å². The zero-order valence-corrected chi connectivity index (χ0v) is 15.4. The van der Waals surface area contributed by atoms with Crippen molar-refractivity contribution in [3.8, 4) is 0 Å². The van der Waals surface area contributed by atoms with Gasteiger partial charge in [0.05, 0.1) is 11.6 Å². The lowest BCUT2D eigenvalue weighted by atomic mass is 9.66. The summed E-state index contributed by atoms with van der Waals surface area (Å²) in [6.07, 6.45) is -0.0438. The fourth-order valence-electron chi connectivity index (χ4n) is 3.50. The van der Waals surface area contributed by atoms with Crippen molar-refractivity contribution in [2.45, 2.75) is 58.7 Å². The molecule has 1 aliphatic heterocycles. The summed E-state index contributed by atoms with van der Waals surface area (Å²) in [5, 5.41) is 12.5. The highest BCUT2D eigenvalue weighted by Gasteiger charge is 2.53. The van der Waals surface area contributed by atoms with Gasteiger partial charge < -0.3 is 20.1 Å². The standard InChI is InChI=1S/C19H28N2O4/c1-18(2,3)19(4)15(11-8-12-21(19)17(23)24)20-16(22)25-13-14-9-6-5-7-10-14/h5-7,9-10,15H,8,11-13H2,1-4H3,(H,20,22)(H,23,24). The first kappa shape index (κ1) is 19.1. The Hall–Kier alpha value is -2.24. The highest BCUT2D eigenvalue weighted by atomic mass is 16.5. The van der Waals surface area contributed by atoms with Crippen molar-refractivity contribution in [3.63, 3.8) is 0 Å². The van der Waals surface area contributed by atoms with E-state index in [0.29, 0.717) is 13.0 Å². The Bertz CT molecular complexity index is 612. The first-order valence-corrected chi connectivity index (χ1v) is 8.64. The molecule has 1 aromatic carbocycles. The van der Waals surface area contributed by atoms with Crippen molar-refractivity contribution in [2.24, 2.45) is 5.41 Å². The number of carbonyl (C=O) groups is 2. The van der Waals surface area contributed by atoms with Crippen LogP contribution in [0.25, 0.3) is 0 Å². The van der Waals surface area contributed by atoms with Crippen LogP contribution in [0.5, 0.6) is 0 Å². The zero-order chi connectivity index (χ0) is 18.7. The number of amides is 2. The lowest BCUT2D eigenvalue weighted by Crippen LogP contribution is -2.70. The average Bonchev–Trinajstić information content (AvgIpc) is 2.54. The highest BCUT2D eigenvalue weighted by Crippen LogP contribution is 2.42. The number of nitrogens with zero attached hydrogens (tertiary/aromatic N) is 1. The van der Waals surface area contributed by atoms with Crippen molar-refractivity contribution >= 4 is 12.2 Å². The number of rotatable bonds is 3. The third kappa shape index (κ3) is 4.06. The van der Waals surface area contributed by atoms with E-state index in [0.717, 1.165) is 12.0 Å². The van der Waals surface area contributed by atoms with Gasteiger partial charge in [0.2, 0.25) is 0 Å². The van der Waals surface area contributed by atoms with Gasteiger partial charge in [-0.25, -0.2) is 9.59 Å². The number of ether oxygens (including phenoxy) is 1. The summed E-state index contributed by atoms with van der Waals surface area (Å²) in [5.74, 6) is 0. The maximum Gasteiger partial charge on any atom is 0.407 e. The molecule has 0 aromatic heterocycles. The topological polar surface area (TPSA) is 78.9 Å². The van der Waals surface area contributed by atoms with Crippen LogP contribution < -0.4 is 5.32 Å². The molecule has 1 heterocycles. The maximum absolute atomic E-state index is 12.3. The molecule has 1 saturated heterocycles. The van der Waals surface area contributed by atoms with Crippen molar-refractivity contribution in [3.05, 3.63) is 35.9 Å². The molecule has 0 saturated carbocycles. The van der Waals surface area contributed by atoms with Crippen molar-refractivity contribution in [1.82, 2.24) is 10.2 Å². The van der Waals surface area contributed by atoms with E-state index in [1.165, 1.54) is 4.90 Å². The fraction of sp³-hybridized carbons (Fsp3) is 0.579. The highest BCUT2D eigenvalue weighted by molar-refractivity contribution is 5.70. The smallest absolute Gasteiger partial charge is 0.407 e. The summed E-state index contributed by atoms with van der Waals surface area (Å²) in [6, 6.07) is 9.15. The number of carbonyl (C=O) groups excluding carboxylic acids is 1. The number of piperidine rings is 1. The van der Waals surface area contributed by atoms with Gasteiger partial charge >= 0.3 is 12.2 Å². The quantitative estimate of drug-likeness (QED) is 0.869. The molecule has 2 N–H and O–H groups in total. The van der Waals surface area contributed by atoms with Crippen LogP contribution in [0.15, 0.2) is 30.3 Å². The molecule has 2 amide bonds. The van der Waals surface area contributed by atoms with Gasteiger partial charge in [0.15, 0.2) is 0 Å². The summed E-state index contributed by atoms with van der Waals surface area (Å²) in [7, 11) is 0. The van der Waals surface area contributed by atoms with Gasteiger partial charge in [0.25, 0.3) is 0 Å². The molecule has 0 radical (unpaired) electrons. The van der Waals surface area contributed by atoms with Crippen LogP contribution in [0.4, 0.5) is 9.59 Å². The van der Waals surface area contributed by atoms with E-state index >= 15 is 0 Å². The summed E-state index contributed by atoms with van der Waals surface area (Å²) < 4.78 is 5.32. The number of hydrogen-bond donors (Lipinski definition) is 2.